The minimum Gasteiger partial charge on any atom is -0.493 e. The Bertz CT molecular complexity index is 883. The minimum atomic E-state index is -1.14. The predicted octanol–water partition coefficient (Wildman–Crippen LogP) is 2.91. The lowest BCUT2D eigenvalue weighted by Gasteiger charge is -2.27. The van der Waals surface area contributed by atoms with Crippen molar-refractivity contribution in [3.8, 4) is 23.0 Å². The lowest BCUT2D eigenvalue weighted by molar-refractivity contribution is -0.0628. The van der Waals surface area contributed by atoms with Crippen molar-refractivity contribution < 1.29 is 33.5 Å². The molecule has 1 unspecified atom stereocenters. The SMILES string of the molecule is COc1ccc(C2OC[C@@]3(O)[C@H](c4ccc(OC)c(OC)c4)OC[C@@H]23)cc1OC. The van der Waals surface area contributed by atoms with E-state index in [2.05, 4.69) is 0 Å². The molecule has 2 aromatic carbocycles. The van der Waals surface area contributed by atoms with Crippen LogP contribution in [0.2, 0.25) is 0 Å². The maximum atomic E-state index is 11.5. The summed E-state index contributed by atoms with van der Waals surface area (Å²) >= 11 is 0. The van der Waals surface area contributed by atoms with Gasteiger partial charge < -0.3 is 33.5 Å². The molecule has 0 spiro atoms. The van der Waals surface area contributed by atoms with Crippen LogP contribution in [0.15, 0.2) is 36.4 Å². The standard InChI is InChI=1S/C22H26O7/c1-24-16-7-5-13(9-18(16)26-3)20-15-11-28-21(22(15,23)12-29-20)14-6-8-17(25-2)19(10-14)27-4/h5-10,15,20-21,23H,11-12H2,1-4H3/t15-,20?,21-,22-/m0/s1. The number of hydrogen-bond donors (Lipinski definition) is 1. The second kappa shape index (κ2) is 7.74. The molecule has 0 aliphatic carbocycles. The summed E-state index contributed by atoms with van der Waals surface area (Å²) in [6.45, 7) is 0.560. The van der Waals surface area contributed by atoms with Crippen molar-refractivity contribution in [3.63, 3.8) is 0 Å². The van der Waals surface area contributed by atoms with E-state index in [1.165, 1.54) is 0 Å². The highest BCUT2D eigenvalue weighted by atomic mass is 16.6. The van der Waals surface area contributed by atoms with Gasteiger partial charge in [0.2, 0.25) is 0 Å². The van der Waals surface area contributed by atoms with Crippen LogP contribution in [-0.2, 0) is 9.47 Å². The highest BCUT2D eigenvalue weighted by Gasteiger charge is 2.59. The molecule has 29 heavy (non-hydrogen) atoms. The van der Waals surface area contributed by atoms with Crippen molar-refractivity contribution in [2.24, 2.45) is 5.92 Å². The number of hydrogen-bond acceptors (Lipinski definition) is 7. The van der Waals surface area contributed by atoms with E-state index in [1.807, 2.05) is 36.4 Å². The lowest BCUT2D eigenvalue weighted by Crippen LogP contribution is -2.39. The van der Waals surface area contributed by atoms with E-state index in [0.717, 1.165) is 11.1 Å². The van der Waals surface area contributed by atoms with Gasteiger partial charge in [0.15, 0.2) is 23.0 Å². The number of rotatable bonds is 6. The second-order valence-corrected chi connectivity index (χ2v) is 7.27. The average molecular weight is 402 g/mol. The third-order valence-corrected chi connectivity index (χ3v) is 5.84. The van der Waals surface area contributed by atoms with Crippen LogP contribution in [-0.4, -0.2) is 52.4 Å². The van der Waals surface area contributed by atoms with E-state index in [-0.39, 0.29) is 18.6 Å². The first-order valence-electron chi connectivity index (χ1n) is 9.45. The molecule has 156 valence electrons. The van der Waals surface area contributed by atoms with Crippen LogP contribution in [0.4, 0.5) is 0 Å². The summed E-state index contributed by atoms with van der Waals surface area (Å²) in [6.07, 6.45) is -0.817. The molecule has 0 radical (unpaired) electrons. The van der Waals surface area contributed by atoms with Crippen molar-refractivity contribution in [3.05, 3.63) is 47.5 Å². The molecule has 2 saturated heterocycles. The number of methoxy groups -OCH3 is 4. The van der Waals surface area contributed by atoms with Crippen molar-refractivity contribution in [2.75, 3.05) is 41.7 Å². The van der Waals surface area contributed by atoms with Crippen molar-refractivity contribution in [1.82, 2.24) is 0 Å². The highest BCUT2D eigenvalue weighted by molar-refractivity contribution is 5.46. The van der Waals surface area contributed by atoms with Gasteiger partial charge >= 0.3 is 0 Å². The molecule has 2 aliphatic heterocycles. The predicted molar refractivity (Wildman–Crippen MR) is 105 cm³/mol. The van der Waals surface area contributed by atoms with E-state index >= 15 is 0 Å². The van der Waals surface area contributed by atoms with Gasteiger partial charge in [-0.2, -0.15) is 0 Å². The van der Waals surface area contributed by atoms with Gasteiger partial charge in [0, 0.05) is 5.92 Å². The Kier molecular flexibility index (Phi) is 5.29. The number of aliphatic hydroxyl groups is 1. The summed E-state index contributed by atoms with van der Waals surface area (Å²) in [7, 11) is 6.37. The van der Waals surface area contributed by atoms with Gasteiger partial charge in [0.25, 0.3) is 0 Å². The molecular formula is C22H26O7. The van der Waals surface area contributed by atoms with Gasteiger partial charge in [-0.15, -0.1) is 0 Å². The van der Waals surface area contributed by atoms with E-state index in [1.54, 1.807) is 28.4 Å². The summed E-state index contributed by atoms with van der Waals surface area (Å²) in [5.41, 5.74) is 0.599. The third-order valence-electron chi connectivity index (χ3n) is 5.84. The van der Waals surface area contributed by atoms with Crippen LogP contribution in [0.25, 0.3) is 0 Å². The number of ether oxygens (including phenoxy) is 6. The Morgan fingerprint density at radius 2 is 1.34 bits per heavy atom. The van der Waals surface area contributed by atoms with E-state index in [9.17, 15) is 5.11 Å². The first-order chi connectivity index (χ1) is 14.0. The normalized spacial score (nSPS) is 28.1. The fourth-order valence-corrected chi connectivity index (χ4v) is 4.31. The molecule has 2 aromatic rings. The Hall–Kier alpha value is -2.48. The van der Waals surface area contributed by atoms with Crippen LogP contribution >= 0.6 is 0 Å². The minimum absolute atomic E-state index is 0.176. The van der Waals surface area contributed by atoms with Crippen LogP contribution in [0.3, 0.4) is 0 Å². The number of fused-ring (bicyclic) bond motifs is 1. The number of benzene rings is 2. The molecule has 0 amide bonds. The molecule has 4 atom stereocenters. The molecule has 7 nitrogen and oxygen atoms in total. The molecule has 7 heteroatoms. The van der Waals surface area contributed by atoms with Crippen LogP contribution in [0.1, 0.15) is 23.3 Å². The molecule has 2 heterocycles. The summed E-state index contributed by atoms with van der Waals surface area (Å²) in [5.74, 6) is 2.29. The van der Waals surface area contributed by atoms with Gasteiger partial charge in [-0.1, -0.05) is 12.1 Å². The molecule has 0 aromatic heterocycles. The summed E-state index contributed by atoms with van der Waals surface area (Å²) in [4.78, 5) is 0. The van der Waals surface area contributed by atoms with E-state index < -0.39 is 11.7 Å². The average Bonchev–Trinajstić information content (AvgIpc) is 3.27. The van der Waals surface area contributed by atoms with Gasteiger partial charge in [-0.3, -0.25) is 0 Å². The van der Waals surface area contributed by atoms with E-state index in [4.69, 9.17) is 28.4 Å². The Balaban J connectivity index is 1.63. The Morgan fingerprint density at radius 1 is 0.793 bits per heavy atom. The Labute approximate surface area is 170 Å². The van der Waals surface area contributed by atoms with Gasteiger partial charge in [-0.05, 0) is 35.4 Å². The molecule has 0 bridgehead atoms. The highest BCUT2D eigenvalue weighted by Crippen LogP contribution is 2.54. The van der Waals surface area contributed by atoms with Crippen molar-refractivity contribution in [2.45, 2.75) is 17.8 Å². The second-order valence-electron chi connectivity index (χ2n) is 7.27. The maximum Gasteiger partial charge on any atom is 0.161 e. The summed E-state index contributed by atoms with van der Waals surface area (Å²) < 4.78 is 33.5. The Morgan fingerprint density at radius 3 is 1.93 bits per heavy atom. The van der Waals surface area contributed by atoms with Gasteiger partial charge in [-0.25, -0.2) is 0 Å². The molecule has 2 fully saturated rings. The zero-order chi connectivity index (χ0) is 20.6. The zero-order valence-electron chi connectivity index (χ0n) is 17.0. The quantitative estimate of drug-likeness (QED) is 0.796. The van der Waals surface area contributed by atoms with Crippen molar-refractivity contribution in [1.29, 1.82) is 0 Å². The van der Waals surface area contributed by atoms with Crippen molar-refractivity contribution >= 4 is 0 Å². The van der Waals surface area contributed by atoms with Crippen LogP contribution < -0.4 is 18.9 Å². The largest absolute Gasteiger partial charge is 0.493 e. The maximum absolute atomic E-state index is 11.5. The first-order valence-corrected chi connectivity index (χ1v) is 9.45. The molecule has 2 aliphatic rings. The summed E-state index contributed by atoms with van der Waals surface area (Å²) in [5, 5.41) is 11.5. The molecule has 4 rings (SSSR count). The third kappa shape index (κ3) is 3.19. The van der Waals surface area contributed by atoms with E-state index in [0.29, 0.717) is 29.6 Å². The smallest absolute Gasteiger partial charge is 0.161 e. The first kappa shape index (κ1) is 19.8. The summed E-state index contributed by atoms with van der Waals surface area (Å²) in [6, 6.07) is 11.2. The topological polar surface area (TPSA) is 75.6 Å². The molecule has 1 N–H and O–H groups in total. The van der Waals surface area contributed by atoms with Crippen LogP contribution in [0.5, 0.6) is 23.0 Å². The fourth-order valence-electron chi connectivity index (χ4n) is 4.31. The van der Waals surface area contributed by atoms with Crippen LogP contribution in [0, 0.1) is 5.92 Å². The lowest BCUT2D eigenvalue weighted by atomic mass is 9.81. The zero-order valence-corrected chi connectivity index (χ0v) is 17.0. The molecular weight excluding hydrogens is 376 g/mol. The van der Waals surface area contributed by atoms with Gasteiger partial charge in [0.1, 0.15) is 11.7 Å². The monoisotopic (exact) mass is 402 g/mol. The molecule has 0 saturated carbocycles. The van der Waals surface area contributed by atoms with Gasteiger partial charge in [0.05, 0.1) is 47.8 Å². The fraction of sp³-hybridized carbons (Fsp3) is 0.455.